The van der Waals surface area contributed by atoms with Crippen LogP contribution in [0.2, 0.25) is 0 Å². The third-order valence-corrected chi connectivity index (χ3v) is 16.8. The number of nitrogens with one attached hydrogen (secondary N) is 12. The number of phenols is 2. The summed E-state index contributed by atoms with van der Waals surface area (Å²) in [5.41, 5.74) is 18.1. The number of imidazole rings is 1. The second-order valence-corrected chi connectivity index (χ2v) is 27.3. The molecule has 0 radical (unpaired) electrons. The molecule has 0 bridgehead atoms. The fraction of sp³-hybridized carbons (Fsp3) is 0.565. The summed E-state index contributed by atoms with van der Waals surface area (Å²) in [6.45, 7) is 15.0. The molecule has 0 fully saturated rings. The number of carboxylic acids is 2. The Kier molecular flexibility index (Phi) is 36.6. The number of hydrogen-bond acceptors (Lipinski definition) is 21. The molecule has 0 saturated carbocycles. The summed E-state index contributed by atoms with van der Waals surface area (Å²) in [5, 5.41) is 88.4. The van der Waals surface area contributed by atoms with Gasteiger partial charge in [-0.25, -0.2) is 9.78 Å². The largest absolute Gasteiger partial charge is 0.508 e. The maximum atomic E-state index is 14.6. The molecule has 0 aliphatic rings. The van der Waals surface area contributed by atoms with Gasteiger partial charge in [0.1, 0.15) is 78.0 Å². The summed E-state index contributed by atoms with van der Waals surface area (Å²) in [6.07, 6.45) is -4.36. The van der Waals surface area contributed by atoms with Crippen LogP contribution in [-0.2, 0) is 91.2 Å². The molecule has 13 amide bonds. The number of aliphatic hydroxyl groups excluding tert-OH is 2. The van der Waals surface area contributed by atoms with E-state index in [9.17, 15) is 103 Å². The minimum atomic E-state index is -1.99. The number of amides is 13. The minimum absolute atomic E-state index is 0.0102. The van der Waals surface area contributed by atoms with Crippen molar-refractivity contribution in [3.8, 4) is 11.5 Å². The summed E-state index contributed by atoms with van der Waals surface area (Å²) in [4.78, 5) is 210. The van der Waals surface area contributed by atoms with Gasteiger partial charge in [-0.3, -0.25) is 67.1 Å². The lowest BCUT2D eigenvalue weighted by molar-refractivity contribution is -0.143. The number of aliphatic carboxylic acids is 2. The first-order valence-electron chi connectivity index (χ1n) is 34.6. The number of carbonyl (C=O) groups excluding carboxylic acids is 13. The SMILES string of the molecule is CC[C@H](C)[C@H](NC(=O)[C@@H](NC(=O)[C@@H](NC(=O)[C@H](Cc1ccc(O)cc1)NC(=O)[C@H](Cc1cnc[nH]1)NC(=O)[C@@H](N)Cc1ccc(O)cc1)C(C)C)[C@@H](C)O)C(=O)N[C@H](C(=O)N[C@@H](CC(C)C)C(=O)N[C@@H](CC(=O)O)C(=O)N[C@@H](CC(C)C)C(=O)N[C@@H](CCC(N)=O)C(=O)N[C@@H](CCC(N)=O)C(=O)O)[C@@H](C)O. The molecule has 106 heavy (non-hydrogen) atoms. The normalized spacial score (nSPS) is 15.5. The highest BCUT2D eigenvalue weighted by Crippen LogP contribution is 2.18. The highest BCUT2D eigenvalue weighted by atomic mass is 16.4. The van der Waals surface area contributed by atoms with E-state index in [0.29, 0.717) is 16.8 Å². The van der Waals surface area contributed by atoms with Crippen molar-refractivity contribution in [1.29, 1.82) is 0 Å². The molecule has 2 aromatic carbocycles. The maximum Gasteiger partial charge on any atom is 0.326 e. The van der Waals surface area contributed by atoms with Gasteiger partial charge in [0.2, 0.25) is 76.8 Å². The Morgan fingerprint density at radius 3 is 1.24 bits per heavy atom. The van der Waals surface area contributed by atoms with Gasteiger partial charge in [0, 0.05) is 37.6 Å². The molecule has 586 valence electrons. The minimum Gasteiger partial charge on any atom is -0.508 e. The van der Waals surface area contributed by atoms with E-state index in [1.54, 1.807) is 46.8 Å². The van der Waals surface area contributed by atoms with Crippen molar-refractivity contribution in [3.05, 3.63) is 77.9 Å². The number of nitrogens with zero attached hydrogens (tertiary/aromatic N) is 1. The Balaban J connectivity index is 1.89. The van der Waals surface area contributed by atoms with Crippen molar-refractivity contribution in [2.75, 3.05) is 0 Å². The van der Waals surface area contributed by atoms with Gasteiger partial charge in [0.05, 0.1) is 31.0 Å². The molecule has 37 nitrogen and oxygen atoms in total. The Morgan fingerprint density at radius 2 is 0.792 bits per heavy atom. The number of aliphatic hydroxyl groups is 2. The molecule has 3 aromatic rings. The molecule has 0 aliphatic heterocycles. The highest BCUT2D eigenvalue weighted by Gasteiger charge is 2.40. The van der Waals surface area contributed by atoms with Gasteiger partial charge >= 0.3 is 11.9 Å². The van der Waals surface area contributed by atoms with Crippen molar-refractivity contribution >= 4 is 88.7 Å². The Bertz CT molecular complexity index is 3500. The Labute approximate surface area is 612 Å². The lowest BCUT2D eigenvalue weighted by atomic mass is 9.96. The van der Waals surface area contributed by atoms with Crippen LogP contribution in [0.3, 0.4) is 0 Å². The first kappa shape index (κ1) is 89.4. The van der Waals surface area contributed by atoms with E-state index in [0.717, 1.165) is 13.8 Å². The van der Waals surface area contributed by atoms with E-state index in [2.05, 4.69) is 68.5 Å². The van der Waals surface area contributed by atoms with Crippen molar-refractivity contribution in [2.24, 2.45) is 40.9 Å². The highest BCUT2D eigenvalue weighted by molar-refractivity contribution is 6.00. The summed E-state index contributed by atoms with van der Waals surface area (Å²) in [7, 11) is 0. The average molecular weight is 1490 g/mol. The quantitative estimate of drug-likeness (QED) is 0.0258. The van der Waals surface area contributed by atoms with Crippen LogP contribution in [0.1, 0.15) is 137 Å². The molecular formula is C69H104N16O21. The molecule has 37 heteroatoms. The number of phenolic OH excluding ortho intramolecular Hbond substituents is 2. The first-order valence-corrected chi connectivity index (χ1v) is 34.6. The number of hydrogen-bond donors (Lipinski definition) is 21. The van der Waals surface area contributed by atoms with Crippen LogP contribution in [0.4, 0.5) is 0 Å². The predicted molar refractivity (Wildman–Crippen MR) is 378 cm³/mol. The number of nitrogens with two attached hydrogens (primary N) is 3. The lowest BCUT2D eigenvalue weighted by Crippen LogP contribution is -2.64. The van der Waals surface area contributed by atoms with Gasteiger partial charge in [-0.15, -0.1) is 0 Å². The Hall–Kier alpha value is -10.8. The second-order valence-electron chi connectivity index (χ2n) is 27.3. The van der Waals surface area contributed by atoms with Gasteiger partial charge in [0.25, 0.3) is 0 Å². The topological polar surface area (TPSA) is 616 Å². The summed E-state index contributed by atoms with van der Waals surface area (Å²) >= 11 is 0. The standard InChI is InChI=1S/C69H104N16O21/c1-11-35(8)55(66(102)85-56(36(9)86)67(103)81-47(25-33(4)5)61(97)80-50(29-53(92)93)63(99)78-46(24-32(2)3)60(96)75-44(20-22-51(71)90)59(95)76-45(69(105)106)21-23-52(72)91)83-68(104)57(37(10)87)84-65(101)54(34(6)7)82-64(100)48(27-39-14-18-42(89)19-15-39)79-62(98)49(28-40-30-73-31-74-40)77-58(94)43(70)26-38-12-16-41(88)17-13-38/h12-19,30-37,43-50,54-57,86-89H,11,20-29,70H2,1-10H3,(H2,71,90)(H2,72,91)(H,73,74)(H,75,96)(H,76,95)(H,77,94)(H,78,99)(H,79,98)(H,80,97)(H,81,103)(H,82,100)(H,83,104)(H,84,101)(H,85,102)(H,92,93)(H,105,106)/t35-,36+,37+,43-,44-,45-,46-,47-,48-,49-,50-,54-,55-,56-,57-/m0/s1. The lowest BCUT2D eigenvalue weighted by Gasteiger charge is -2.31. The molecule has 0 unspecified atom stereocenters. The van der Waals surface area contributed by atoms with Crippen molar-refractivity contribution in [1.82, 2.24) is 68.5 Å². The number of benzene rings is 2. The molecule has 3 rings (SSSR count). The fourth-order valence-corrected chi connectivity index (χ4v) is 10.7. The molecule has 24 N–H and O–H groups in total. The molecular weight excluding hydrogens is 1390 g/mol. The zero-order valence-electron chi connectivity index (χ0n) is 60.9. The third-order valence-electron chi connectivity index (χ3n) is 16.8. The number of H-pyrrole nitrogens is 1. The Morgan fingerprint density at radius 1 is 0.434 bits per heavy atom. The van der Waals surface area contributed by atoms with E-state index in [1.807, 2.05) is 0 Å². The van der Waals surface area contributed by atoms with Crippen LogP contribution in [0.5, 0.6) is 11.5 Å². The number of carboxylic acid groups (broad SMARTS) is 2. The van der Waals surface area contributed by atoms with Crippen LogP contribution >= 0.6 is 0 Å². The summed E-state index contributed by atoms with van der Waals surface area (Å²) in [5.74, 6) is -19.2. The summed E-state index contributed by atoms with van der Waals surface area (Å²) in [6, 6.07) is -7.96. The van der Waals surface area contributed by atoms with E-state index in [1.165, 1.54) is 69.7 Å². The molecule has 0 saturated heterocycles. The van der Waals surface area contributed by atoms with Crippen LogP contribution < -0.4 is 75.7 Å². The van der Waals surface area contributed by atoms with Gasteiger partial charge in [-0.05, 0) is 105 Å². The van der Waals surface area contributed by atoms with E-state index in [-0.39, 0.29) is 50.0 Å². The van der Waals surface area contributed by atoms with Crippen molar-refractivity contribution in [2.45, 2.75) is 225 Å². The predicted octanol–water partition coefficient (Wildman–Crippen LogP) is -3.84. The van der Waals surface area contributed by atoms with Crippen LogP contribution in [0.25, 0.3) is 0 Å². The fourth-order valence-electron chi connectivity index (χ4n) is 10.7. The second kappa shape index (κ2) is 43.5. The number of aromatic nitrogens is 2. The van der Waals surface area contributed by atoms with Crippen LogP contribution in [0.15, 0.2) is 61.1 Å². The molecule has 0 spiro atoms. The van der Waals surface area contributed by atoms with Gasteiger partial charge in [-0.2, -0.15) is 0 Å². The van der Waals surface area contributed by atoms with E-state index in [4.69, 9.17) is 17.2 Å². The number of carbonyl (C=O) groups is 15. The van der Waals surface area contributed by atoms with Crippen LogP contribution in [0, 0.1) is 23.7 Å². The third kappa shape index (κ3) is 30.9. The average Bonchev–Trinajstić information content (AvgIpc) is 1.02. The number of aromatic amines is 1. The molecule has 1 heterocycles. The zero-order valence-corrected chi connectivity index (χ0v) is 60.9. The number of primary amides is 2. The zero-order chi connectivity index (χ0) is 80.0. The van der Waals surface area contributed by atoms with Crippen LogP contribution in [-0.4, -0.2) is 214 Å². The number of rotatable bonds is 46. The van der Waals surface area contributed by atoms with Gasteiger partial charge in [-0.1, -0.05) is 86.1 Å². The summed E-state index contributed by atoms with van der Waals surface area (Å²) < 4.78 is 0. The van der Waals surface area contributed by atoms with Gasteiger partial charge in [0.15, 0.2) is 0 Å². The number of aromatic hydroxyl groups is 2. The van der Waals surface area contributed by atoms with Crippen molar-refractivity contribution in [3.63, 3.8) is 0 Å². The monoisotopic (exact) mass is 1490 g/mol. The maximum absolute atomic E-state index is 14.6. The molecule has 1 aromatic heterocycles. The molecule has 0 aliphatic carbocycles. The first-order chi connectivity index (χ1) is 49.6. The van der Waals surface area contributed by atoms with Gasteiger partial charge < -0.3 is 111 Å². The van der Waals surface area contributed by atoms with Crippen molar-refractivity contribution < 1.29 is 103 Å². The smallest absolute Gasteiger partial charge is 0.326 e. The molecule has 15 atom stereocenters. The van der Waals surface area contributed by atoms with E-state index < -0.39 is 229 Å². The van der Waals surface area contributed by atoms with E-state index >= 15 is 0 Å².